The van der Waals surface area contributed by atoms with Gasteiger partial charge in [0.25, 0.3) is 0 Å². The molecule has 1 fully saturated rings. The lowest BCUT2D eigenvalue weighted by atomic mass is 10.1. The lowest BCUT2D eigenvalue weighted by Gasteiger charge is -2.27. The first-order valence-corrected chi connectivity index (χ1v) is 6.32. The van der Waals surface area contributed by atoms with Crippen LogP contribution >= 0.6 is 0 Å². The Morgan fingerprint density at radius 1 is 1.53 bits per heavy atom. The fourth-order valence-electron chi connectivity index (χ4n) is 2.19. The quantitative estimate of drug-likeness (QED) is 0.665. The highest BCUT2D eigenvalue weighted by molar-refractivity contribution is 4.78. The van der Waals surface area contributed by atoms with Crippen molar-refractivity contribution in [3.63, 3.8) is 0 Å². The number of aliphatic hydroxyl groups is 1. The smallest absolute Gasteiger partial charge is 0.0558 e. The second-order valence-corrected chi connectivity index (χ2v) is 4.79. The Balaban J connectivity index is 2.28. The second-order valence-electron chi connectivity index (χ2n) is 4.79. The van der Waals surface area contributed by atoms with Gasteiger partial charge < -0.3 is 10.4 Å². The van der Waals surface area contributed by atoms with Crippen molar-refractivity contribution in [3.05, 3.63) is 0 Å². The van der Waals surface area contributed by atoms with Gasteiger partial charge in [0.1, 0.15) is 0 Å². The summed E-state index contributed by atoms with van der Waals surface area (Å²) < 4.78 is 0. The molecule has 0 saturated carbocycles. The minimum atomic E-state index is 0.281. The van der Waals surface area contributed by atoms with E-state index in [9.17, 15) is 0 Å². The zero-order chi connectivity index (χ0) is 11.1. The summed E-state index contributed by atoms with van der Waals surface area (Å²) in [5.41, 5.74) is 0. The van der Waals surface area contributed by atoms with Gasteiger partial charge in [0.15, 0.2) is 0 Å². The number of nitrogens with zero attached hydrogens (tertiary/aromatic N) is 1. The van der Waals surface area contributed by atoms with E-state index in [0.29, 0.717) is 6.04 Å². The number of nitrogens with one attached hydrogen (secondary N) is 1. The van der Waals surface area contributed by atoms with Crippen LogP contribution in [-0.2, 0) is 0 Å². The minimum absolute atomic E-state index is 0.281. The van der Waals surface area contributed by atoms with Gasteiger partial charge in [-0.3, -0.25) is 4.90 Å². The Hall–Kier alpha value is -0.120. The second kappa shape index (κ2) is 7.20. The summed E-state index contributed by atoms with van der Waals surface area (Å²) in [6.45, 7) is 9.01. The van der Waals surface area contributed by atoms with Gasteiger partial charge in [-0.15, -0.1) is 0 Å². The molecule has 0 spiro atoms. The molecule has 2 unspecified atom stereocenters. The van der Waals surface area contributed by atoms with E-state index in [2.05, 4.69) is 24.1 Å². The summed E-state index contributed by atoms with van der Waals surface area (Å²) in [6, 6.07) is 0.653. The first-order valence-electron chi connectivity index (χ1n) is 6.32. The summed E-state index contributed by atoms with van der Waals surface area (Å²) in [5, 5.41) is 12.5. The Morgan fingerprint density at radius 3 is 2.87 bits per heavy atom. The zero-order valence-electron chi connectivity index (χ0n) is 10.2. The van der Waals surface area contributed by atoms with Crippen molar-refractivity contribution in [2.45, 2.75) is 39.2 Å². The topological polar surface area (TPSA) is 35.5 Å². The van der Waals surface area contributed by atoms with Crippen LogP contribution in [0.25, 0.3) is 0 Å². The molecule has 90 valence electrons. The maximum atomic E-state index is 9.03. The summed E-state index contributed by atoms with van der Waals surface area (Å²) in [7, 11) is 0. The van der Waals surface area contributed by atoms with Crippen LogP contribution in [0, 0.1) is 5.92 Å². The highest BCUT2D eigenvalue weighted by Crippen LogP contribution is 2.09. The predicted octanol–water partition coefficient (Wildman–Crippen LogP) is 1.08. The largest absolute Gasteiger partial charge is 0.395 e. The average molecular weight is 214 g/mol. The highest BCUT2D eigenvalue weighted by Gasteiger charge is 2.18. The Morgan fingerprint density at radius 2 is 2.33 bits per heavy atom. The molecular weight excluding hydrogens is 188 g/mol. The van der Waals surface area contributed by atoms with Crippen LogP contribution in [0.3, 0.4) is 0 Å². The molecule has 1 heterocycles. The first kappa shape index (κ1) is 12.9. The van der Waals surface area contributed by atoms with E-state index in [1.54, 1.807) is 0 Å². The van der Waals surface area contributed by atoms with Gasteiger partial charge in [0, 0.05) is 25.7 Å². The van der Waals surface area contributed by atoms with Crippen LogP contribution in [-0.4, -0.2) is 48.8 Å². The van der Waals surface area contributed by atoms with Crippen molar-refractivity contribution in [2.24, 2.45) is 5.92 Å². The van der Waals surface area contributed by atoms with Gasteiger partial charge in [0.05, 0.1) is 6.61 Å². The van der Waals surface area contributed by atoms with Crippen molar-refractivity contribution in [1.29, 1.82) is 0 Å². The summed E-state index contributed by atoms with van der Waals surface area (Å²) in [4.78, 5) is 2.40. The summed E-state index contributed by atoms with van der Waals surface area (Å²) in [5.74, 6) is 0.734. The van der Waals surface area contributed by atoms with E-state index in [1.807, 2.05) is 0 Å². The van der Waals surface area contributed by atoms with Crippen molar-refractivity contribution < 1.29 is 5.11 Å². The SMILES string of the molecule is CCC(C)CN(CCO)CC1CCCN1. The molecular formula is C12H26N2O. The fourth-order valence-corrected chi connectivity index (χ4v) is 2.19. The van der Waals surface area contributed by atoms with Crippen LogP contribution in [0.2, 0.25) is 0 Å². The minimum Gasteiger partial charge on any atom is -0.395 e. The van der Waals surface area contributed by atoms with Gasteiger partial charge in [-0.2, -0.15) is 0 Å². The van der Waals surface area contributed by atoms with E-state index >= 15 is 0 Å². The van der Waals surface area contributed by atoms with Crippen molar-refractivity contribution in [1.82, 2.24) is 10.2 Å². The molecule has 1 rings (SSSR count). The van der Waals surface area contributed by atoms with Crippen molar-refractivity contribution in [3.8, 4) is 0 Å². The number of hydrogen-bond donors (Lipinski definition) is 2. The van der Waals surface area contributed by atoms with E-state index in [0.717, 1.165) is 25.6 Å². The Kier molecular flexibility index (Phi) is 6.22. The number of hydrogen-bond acceptors (Lipinski definition) is 3. The molecule has 1 saturated heterocycles. The molecule has 0 aromatic heterocycles. The molecule has 0 bridgehead atoms. The third-order valence-corrected chi connectivity index (χ3v) is 3.32. The first-order chi connectivity index (χ1) is 7.26. The maximum absolute atomic E-state index is 9.03. The molecule has 2 N–H and O–H groups in total. The average Bonchev–Trinajstić information content (AvgIpc) is 2.70. The third kappa shape index (κ3) is 4.96. The van der Waals surface area contributed by atoms with E-state index in [-0.39, 0.29) is 6.61 Å². The lowest BCUT2D eigenvalue weighted by Crippen LogP contribution is -2.40. The molecule has 1 aliphatic rings. The van der Waals surface area contributed by atoms with Crippen LogP contribution < -0.4 is 5.32 Å². The molecule has 0 aromatic carbocycles. The number of aliphatic hydroxyl groups excluding tert-OH is 1. The third-order valence-electron chi connectivity index (χ3n) is 3.32. The molecule has 3 nitrogen and oxygen atoms in total. The van der Waals surface area contributed by atoms with Crippen LogP contribution in [0.1, 0.15) is 33.1 Å². The van der Waals surface area contributed by atoms with Gasteiger partial charge in [-0.1, -0.05) is 20.3 Å². The monoisotopic (exact) mass is 214 g/mol. The molecule has 2 atom stereocenters. The van der Waals surface area contributed by atoms with E-state index in [4.69, 9.17) is 5.11 Å². The molecule has 0 amide bonds. The molecule has 3 heteroatoms. The fraction of sp³-hybridized carbons (Fsp3) is 1.00. The zero-order valence-corrected chi connectivity index (χ0v) is 10.2. The van der Waals surface area contributed by atoms with Gasteiger partial charge in [-0.25, -0.2) is 0 Å². The highest BCUT2D eigenvalue weighted by atomic mass is 16.3. The molecule has 1 aliphatic heterocycles. The van der Waals surface area contributed by atoms with E-state index < -0.39 is 0 Å². The summed E-state index contributed by atoms with van der Waals surface area (Å²) >= 11 is 0. The Labute approximate surface area is 93.9 Å². The lowest BCUT2D eigenvalue weighted by molar-refractivity contribution is 0.166. The standard InChI is InChI=1S/C12H26N2O/c1-3-11(2)9-14(7-8-15)10-12-5-4-6-13-12/h11-13,15H,3-10H2,1-2H3. The van der Waals surface area contributed by atoms with Gasteiger partial charge in [-0.05, 0) is 25.3 Å². The van der Waals surface area contributed by atoms with Crippen LogP contribution in [0.4, 0.5) is 0 Å². The van der Waals surface area contributed by atoms with Crippen LogP contribution in [0.5, 0.6) is 0 Å². The van der Waals surface area contributed by atoms with E-state index in [1.165, 1.54) is 25.8 Å². The molecule has 0 radical (unpaired) electrons. The van der Waals surface area contributed by atoms with Gasteiger partial charge in [0.2, 0.25) is 0 Å². The number of rotatable bonds is 7. The normalized spacial score (nSPS) is 23.6. The predicted molar refractivity (Wildman–Crippen MR) is 64.0 cm³/mol. The Bertz CT molecular complexity index is 158. The molecule has 0 aromatic rings. The van der Waals surface area contributed by atoms with Gasteiger partial charge >= 0.3 is 0 Å². The van der Waals surface area contributed by atoms with Crippen LogP contribution in [0.15, 0.2) is 0 Å². The maximum Gasteiger partial charge on any atom is 0.0558 e. The molecule has 0 aliphatic carbocycles. The summed E-state index contributed by atoms with van der Waals surface area (Å²) in [6.07, 6.45) is 3.82. The van der Waals surface area contributed by atoms with Crippen molar-refractivity contribution >= 4 is 0 Å². The van der Waals surface area contributed by atoms with Crippen molar-refractivity contribution in [2.75, 3.05) is 32.8 Å². The molecule has 15 heavy (non-hydrogen) atoms.